The minimum absolute atomic E-state index is 0.0578. The molecule has 0 aliphatic heterocycles. The van der Waals surface area contributed by atoms with Crippen molar-refractivity contribution < 1.29 is 4.79 Å². The molecule has 0 spiro atoms. The monoisotopic (exact) mass is 350 g/mol. The summed E-state index contributed by atoms with van der Waals surface area (Å²) < 4.78 is 1.82. The maximum absolute atomic E-state index is 12.6. The van der Waals surface area contributed by atoms with Gasteiger partial charge in [0.1, 0.15) is 5.52 Å². The molecule has 3 rings (SSSR count). The Morgan fingerprint density at radius 2 is 1.85 bits per heavy atom. The van der Waals surface area contributed by atoms with E-state index in [0.717, 1.165) is 29.6 Å². The molecule has 3 aromatic rings. The van der Waals surface area contributed by atoms with E-state index < -0.39 is 0 Å². The molecule has 0 fully saturated rings. The Morgan fingerprint density at radius 3 is 2.50 bits per heavy atom. The van der Waals surface area contributed by atoms with Gasteiger partial charge in [-0.1, -0.05) is 43.3 Å². The molecular weight excluding hydrogens is 324 g/mol. The lowest BCUT2D eigenvalue weighted by atomic mass is 10.00. The molecule has 1 unspecified atom stereocenters. The summed E-state index contributed by atoms with van der Waals surface area (Å²) in [4.78, 5) is 12.6. The second kappa shape index (κ2) is 7.68. The molecular formula is C21H26N4O. The Morgan fingerprint density at radius 1 is 1.12 bits per heavy atom. The molecule has 0 bridgehead atoms. The Bertz CT molecular complexity index is 896. The number of benzene rings is 2. The van der Waals surface area contributed by atoms with Crippen molar-refractivity contribution in [3.05, 3.63) is 59.2 Å². The summed E-state index contributed by atoms with van der Waals surface area (Å²) in [5, 5.41) is 11.3. The summed E-state index contributed by atoms with van der Waals surface area (Å²) in [7, 11) is 0. The van der Waals surface area contributed by atoms with Crippen LogP contribution in [-0.4, -0.2) is 20.9 Å². The number of hydrogen-bond acceptors (Lipinski definition) is 3. The molecule has 0 aliphatic rings. The van der Waals surface area contributed by atoms with E-state index in [1.165, 1.54) is 5.56 Å². The highest BCUT2D eigenvalue weighted by Crippen LogP contribution is 2.18. The highest BCUT2D eigenvalue weighted by atomic mass is 16.1. The third kappa shape index (κ3) is 3.93. The van der Waals surface area contributed by atoms with Gasteiger partial charge in [-0.15, -0.1) is 5.10 Å². The minimum Gasteiger partial charge on any atom is -0.346 e. The molecule has 0 radical (unpaired) electrons. The molecule has 1 amide bonds. The summed E-state index contributed by atoms with van der Waals surface area (Å²) in [5.74, 6) is 0.537. The number of aryl methyl sites for hydroxylation is 1. The summed E-state index contributed by atoms with van der Waals surface area (Å²) in [5.41, 5.74) is 4.71. The molecule has 1 aromatic heterocycles. The second-order valence-electron chi connectivity index (χ2n) is 7.14. The summed E-state index contributed by atoms with van der Waals surface area (Å²) in [6, 6.07) is 13.9. The lowest BCUT2D eigenvalue weighted by Gasteiger charge is -2.15. The molecule has 5 heteroatoms. The fourth-order valence-corrected chi connectivity index (χ4v) is 3.12. The third-order valence-electron chi connectivity index (χ3n) is 4.55. The van der Waals surface area contributed by atoms with Crippen molar-refractivity contribution >= 4 is 16.9 Å². The van der Waals surface area contributed by atoms with Crippen LogP contribution in [0.2, 0.25) is 0 Å². The van der Waals surface area contributed by atoms with Gasteiger partial charge in [0, 0.05) is 12.1 Å². The first-order valence-corrected chi connectivity index (χ1v) is 9.21. The van der Waals surface area contributed by atoms with Crippen LogP contribution in [0.3, 0.4) is 0 Å². The van der Waals surface area contributed by atoms with E-state index in [-0.39, 0.29) is 11.9 Å². The van der Waals surface area contributed by atoms with Crippen LogP contribution in [0.15, 0.2) is 42.5 Å². The molecule has 1 atom stereocenters. The Balaban J connectivity index is 1.70. The maximum Gasteiger partial charge on any atom is 0.251 e. The minimum atomic E-state index is -0.100. The van der Waals surface area contributed by atoms with Gasteiger partial charge in [-0.25, -0.2) is 4.68 Å². The van der Waals surface area contributed by atoms with Crippen molar-refractivity contribution in [3.63, 3.8) is 0 Å². The number of rotatable bonds is 6. The van der Waals surface area contributed by atoms with Crippen LogP contribution in [0.1, 0.15) is 55.2 Å². The first-order chi connectivity index (χ1) is 12.5. The van der Waals surface area contributed by atoms with Gasteiger partial charge in [0.15, 0.2) is 0 Å². The number of carbonyl (C=O) groups is 1. The van der Waals surface area contributed by atoms with Gasteiger partial charge in [0.05, 0.1) is 11.6 Å². The van der Waals surface area contributed by atoms with Crippen LogP contribution in [-0.2, 0) is 13.0 Å². The highest BCUT2D eigenvalue weighted by Gasteiger charge is 2.13. The summed E-state index contributed by atoms with van der Waals surface area (Å²) in [6.07, 6.45) is 1.07. The van der Waals surface area contributed by atoms with Crippen LogP contribution >= 0.6 is 0 Å². The molecule has 0 saturated heterocycles. The predicted molar refractivity (Wildman–Crippen MR) is 104 cm³/mol. The van der Waals surface area contributed by atoms with Gasteiger partial charge in [-0.2, -0.15) is 0 Å². The van der Waals surface area contributed by atoms with Gasteiger partial charge in [0.25, 0.3) is 5.91 Å². The van der Waals surface area contributed by atoms with Gasteiger partial charge in [-0.3, -0.25) is 4.79 Å². The van der Waals surface area contributed by atoms with Crippen LogP contribution in [0.25, 0.3) is 11.0 Å². The zero-order chi connectivity index (χ0) is 18.7. The average Bonchev–Trinajstić information content (AvgIpc) is 3.04. The molecule has 1 heterocycles. The van der Waals surface area contributed by atoms with E-state index in [9.17, 15) is 4.79 Å². The number of fused-ring (bicyclic) bond motifs is 1. The predicted octanol–water partition coefficient (Wildman–Crippen LogP) is 4.14. The van der Waals surface area contributed by atoms with Gasteiger partial charge in [0.2, 0.25) is 0 Å². The standard InChI is InChI=1S/C21H26N4O/c1-5-25-20-11-10-18(13-19(20)23-24-25)21(26)22-15(4)17-8-6-16(7-9-17)12-14(2)3/h6-11,13-15H,5,12H2,1-4H3,(H,22,26). The van der Waals surface area contributed by atoms with E-state index >= 15 is 0 Å². The zero-order valence-electron chi connectivity index (χ0n) is 15.9. The third-order valence-corrected chi connectivity index (χ3v) is 4.55. The topological polar surface area (TPSA) is 59.8 Å². The smallest absolute Gasteiger partial charge is 0.251 e. The molecule has 5 nitrogen and oxygen atoms in total. The fourth-order valence-electron chi connectivity index (χ4n) is 3.12. The molecule has 0 saturated carbocycles. The number of amides is 1. The van der Waals surface area contributed by atoms with Crippen molar-refractivity contribution in [2.24, 2.45) is 5.92 Å². The Kier molecular flexibility index (Phi) is 5.35. The number of aromatic nitrogens is 3. The first kappa shape index (κ1) is 18.1. The molecule has 136 valence electrons. The normalized spacial score (nSPS) is 12.5. The quantitative estimate of drug-likeness (QED) is 0.727. The Labute approximate surface area is 154 Å². The van der Waals surface area contributed by atoms with Crippen LogP contribution in [0.5, 0.6) is 0 Å². The average molecular weight is 350 g/mol. The van der Waals surface area contributed by atoms with Crippen molar-refractivity contribution in [2.75, 3.05) is 0 Å². The van der Waals surface area contributed by atoms with Crippen molar-refractivity contribution in [3.8, 4) is 0 Å². The van der Waals surface area contributed by atoms with Crippen molar-refractivity contribution in [1.29, 1.82) is 0 Å². The summed E-state index contributed by atoms with van der Waals surface area (Å²) in [6.45, 7) is 9.20. The van der Waals surface area contributed by atoms with E-state index in [1.807, 2.05) is 30.7 Å². The SMILES string of the molecule is CCn1nnc2cc(C(=O)NC(C)c3ccc(CC(C)C)cc3)ccc21. The first-order valence-electron chi connectivity index (χ1n) is 9.21. The zero-order valence-corrected chi connectivity index (χ0v) is 15.9. The molecule has 1 N–H and O–H groups in total. The number of nitrogens with zero attached hydrogens (tertiary/aromatic N) is 3. The number of hydrogen-bond donors (Lipinski definition) is 1. The van der Waals surface area contributed by atoms with Gasteiger partial charge >= 0.3 is 0 Å². The van der Waals surface area contributed by atoms with Crippen molar-refractivity contribution in [2.45, 2.75) is 46.7 Å². The lowest BCUT2D eigenvalue weighted by Crippen LogP contribution is -2.26. The highest BCUT2D eigenvalue weighted by molar-refractivity contribution is 5.97. The Hall–Kier alpha value is -2.69. The van der Waals surface area contributed by atoms with E-state index in [0.29, 0.717) is 11.5 Å². The van der Waals surface area contributed by atoms with E-state index in [2.05, 4.69) is 53.7 Å². The fraction of sp³-hybridized carbons (Fsp3) is 0.381. The largest absolute Gasteiger partial charge is 0.346 e. The van der Waals surface area contributed by atoms with Gasteiger partial charge in [-0.05, 0) is 55.5 Å². The summed E-state index contributed by atoms with van der Waals surface area (Å²) >= 11 is 0. The molecule has 26 heavy (non-hydrogen) atoms. The number of carbonyl (C=O) groups excluding carboxylic acids is 1. The van der Waals surface area contributed by atoms with Crippen LogP contribution in [0, 0.1) is 5.92 Å². The van der Waals surface area contributed by atoms with Crippen molar-refractivity contribution in [1.82, 2.24) is 20.3 Å². The van der Waals surface area contributed by atoms with Crippen LogP contribution < -0.4 is 5.32 Å². The lowest BCUT2D eigenvalue weighted by molar-refractivity contribution is 0.0940. The van der Waals surface area contributed by atoms with Gasteiger partial charge < -0.3 is 5.32 Å². The molecule has 2 aromatic carbocycles. The molecule has 0 aliphatic carbocycles. The maximum atomic E-state index is 12.6. The number of nitrogens with one attached hydrogen (secondary N) is 1. The van der Waals surface area contributed by atoms with E-state index in [1.54, 1.807) is 6.07 Å². The second-order valence-corrected chi connectivity index (χ2v) is 7.14. The van der Waals surface area contributed by atoms with E-state index in [4.69, 9.17) is 0 Å². The van der Waals surface area contributed by atoms with Crippen LogP contribution in [0.4, 0.5) is 0 Å².